The van der Waals surface area contributed by atoms with E-state index >= 15 is 0 Å². The van der Waals surface area contributed by atoms with Crippen LogP contribution in [0.4, 0.5) is 0 Å². The molecular weight excluding hydrogens is 136 g/mol. The van der Waals surface area contributed by atoms with E-state index in [0.29, 0.717) is 11.8 Å². The van der Waals surface area contributed by atoms with Crippen molar-refractivity contribution in [1.29, 1.82) is 0 Å². The third kappa shape index (κ3) is 1.01. The van der Waals surface area contributed by atoms with Gasteiger partial charge in [0.2, 0.25) is 0 Å². The summed E-state index contributed by atoms with van der Waals surface area (Å²) < 4.78 is 0. The first-order valence-electron chi connectivity index (χ1n) is 5.01. The molecule has 2 saturated carbocycles. The molecule has 0 aromatic carbocycles. The van der Waals surface area contributed by atoms with Crippen molar-refractivity contribution < 1.29 is 5.11 Å². The maximum absolute atomic E-state index is 9.95. The molecule has 0 spiro atoms. The molecule has 0 radical (unpaired) electrons. The Morgan fingerprint density at radius 2 is 2.36 bits per heavy atom. The topological polar surface area (TPSA) is 20.2 Å². The van der Waals surface area contributed by atoms with Gasteiger partial charge in [-0.3, -0.25) is 0 Å². The average molecular weight is 154 g/mol. The van der Waals surface area contributed by atoms with Crippen LogP contribution in [0.5, 0.6) is 0 Å². The Morgan fingerprint density at radius 1 is 1.55 bits per heavy atom. The SMILES string of the molecule is CCCCC1C2CCCC12O. The van der Waals surface area contributed by atoms with Crippen molar-refractivity contribution in [1.82, 2.24) is 0 Å². The van der Waals surface area contributed by atoms with Gasteiger partial charge in [-0.25, -0.2) is 0 Å². The Bertz CT molecular complexity index is 155. The summed E-state index contributed by atoms with van der Waals surface area (Å²) in [6.07, 6.45) is 7.52. The fourth-order valence-corrected chi connectivity index (χ4v) is 2.89. The molecule has 0 bridgehead atoms. The van der Waals surface area contributed by atoms with Crippen molar-refractivity contribution in [3.8, 4) is 0 Å². The molecule has 1 nitrogen and oxygen atoms in total. The van der Waals surface area contributed by atoms with Crippen molar-refractivity contribution in [2.45, 2.75) is 51.0 Å². The highest BCUT2D eigenvalue weighted by Gasteiger charge is 2.64. The van der Waals surface area contributed by atoms with E-state index in [-0.39, 0.29) is 5.60 Å². The largest absolute Gasteiger partial charge is 0.389 e. The van der Waals surface area contributed by atoms with E-state index in [2.05, 4.69) is 6.92 Å². The fourth-order valence-electron chi connectivity index (χ4n) is 2.89. The molecule has 3 unspecified atom stereocenters. The lowest BCUT2D eigenvalue weighted by Crippen LogP contribution is -2.08. The highest BCUT2D eigenvalue weighted by molar-refractivity contribution is 5.15. The molecule has 2 rings (SSSR count). The number of hydrogen-bond donors (Lipinski definition) is 1. The van der Waals surface area contributed by atoms with Gasteiger partial charge in [0.1, 0.15) is 0 Å². The van der Waals surface area contributed by atoms with E-state index in [9.17, 15) is 5.11 Å². The van der Waals surface area contributed by atoms with Crippen LogP contribution in [0, 0.1) is 11.8 Å². The number of hydrogen-bond acceptors (Lipinski definition) is 1. The van der Waals surface area contributed by atoms with Gasteiger partial charge in [-0.2, -0.15) is 0 Å². The van der Waals surface area contributed by atoms with E-state index in [1.54, 1.807) is 0 Å². The number of rotatable bonds is 3. The molecule has 0 amide bonds. The van der Waals surface area contributed by atoms with Gasteiger partial charge in [-0.1, -0.05) is 26.2 Å². The van der Waals surface area contributed by atoms with Crippen LogP contribution in [0.25, 0.3) is 0 Å². The predicted molar refractivity (Wildman–Crippen MR) is 45.3 cm³/mol. The summed E-state index contributed by atoms with van der Waals surface area (Å²) in [6, 6.07) is 0. The third-order valence-corrected chi connectivity index (χ3v) is 3.62. The maximum atomic E-state index is 9.95. The molecular formula is C10H18O. The Morgan fingerprint density at radius 3 is 2.91 bits per heavy atom. The molecule has 0 aromatic heterocycles. The lowest BCUT2D eigenvalue weighted by Gasteiger charge is -2.06. The average Bonchev–Trinajstić information content (AvgIpc) is 2.39. The summed E-state index contributed by atoms with van der Waals surface area (Å²) in [6.45, 7) is 2.22. The molecule has 1 heteroatoms. The highest BCUT2D eigenvalue weighted by atomic mass is 16.3. The highest BCUT2D eigenvalue weighted by Crippen LogP contribution is 2.62. The molecule has 0 aliphatic heterocycles. The van der Waals surface area contributed by atoms with E-state index in [1.165, 1.54) is 32.1 Å². The van der Waals surface area contributed by atoms with Crippen LogP contribution in [-0.4, -0.2) is 10.7 Å². The smallest absolute Gasteiger partial charge is 0.0711 e. The maximum Gasteiger partial charge on any atom is 0.0711 e. The second-order valence-electron chi connectivity index (χ2n) is 4.24. The van der Waals surface area contributed by atoms with Crippen molar-refractivity contribution in [2.75, 3.05) is 0 Å². The van der Waals surface area contributed by atoms with Crippen molar-refractivity contribution >= 4 is 0 Å². The molecule has 2 aliphatic carbocycles. The Kier molecular flexibility index (Phi) is 1.71. The Labute approximate surface area is 68.8 Å². The van der Waals surface area contributed by atoms with Crippen LogP contribution in [0.3, 0.4) is 0 Å². The van der Waals surface area contributed by atoms with Gasteiger partial charge in [0.25, 0.3) is 0 Å². The summed E-state index contributed by atoms with van der Waals surface area (Å²) in [5.41, 5.74) is -0.171. The van der Waals surface area contributed by atoms with Gasteiger partial charge in [0.05, 0.1) is 5.60 Å². The van der Waals surface area contributed by atoms with E-state index in [0.717, 1.165) is 6.42 Å². The van der Waals surface area contributed by atoms with Crippen LogP contribution < -0.4 is 0 Å². The summed E-state index contributed by atoms with van der Waals surface area (Å²) in [5.74, 6) is 1.39. The van der Waals surface area contributed by atoms with Crippen LogP contribution in [0.2, 0.25) is 0 Å². The van der Waals surface area contributed by atoms with Gasteiger partial charge in [-0.15, -0.1) is 0 Å². The zero-order chi connectivity index (χ0) is 7.90. The lowest BCUT2D eigenvalue weighted by atomic mass is 10.0. The molecule has 11 heavy (non-hydrogen) atoms. The summed E-state index contributed by atoms with van der Waals surface area (Å²) in [4.78, 5) is 0. The molecule has 1 N–H and O–H groups in total. The van der Waals surface area contributed by atoms with Crippen LogP contribution >= 0.6 is 0 Å². The van der Waals surface area contributed by atoms with Gasteiger partial charge in [-0.05, 0) is 31.1 Å². The van der Waals surface area contributed by atoms with E-state index in [4.69, 9.17) is 0 Å². The first kappa shape index (κ1) is 7.60. The second-order valence-corrected chi connectivity index (χ2v) is 4.24. The zero-order valence-electron chi connectivity index (χ0n) is 7.34. The summed E-state index contributed by atoms with van der Waals surface area (Å²) in [5, 5.41) is 9.95. The van der Waals surface area contributed by atoms with Crippen LogP contribution in [0.15, 0.2) is 0 Å². The van der Waals surface area contributed by atoms with Crippen molar-refractivity contribution in [3.63, 3.8) is 0 Å². The van der Waals surface area contributed by atoms with E-state index in [1.807, 2.05) is 0 Å². The fraction of sp³-hybridized carbons (Fsp3) is 1.00. The molecule has 64 valence electrons. The number of aliphatic hydroxyl groups is 1. The Hall–Kier alpha value is -0.0400. The minimum atomic E-state index is -0.171. The monoisotopic (exact) mass is 154 g/mol. The Balaban J connectivity index is 1.83. The second kappa shape index (κ2) is 2.48. The normalized spacial score (nSPS) is 47.5. The van der Waals surface area contributed by atoms with Crippen molar-refractivity contribution in [2.24, 2.45) is 11.8 Å². The minimum absolute atomic E-state index is 0.171. The van der Waals surface area contributed by atoms with E-state index < -0.39 is 0 Å². The van der Waals surface area contributed by atoms with Crippen LogP contribution in [-0.2, 0) is 0 Å². The van der Waals surface area contributed by atoms with Gasteiger partial charge >= 0.3 is 0 Å². The standard InChI is InChI=1S/C10H18O/c1-2-3-5-8-9-6-4-7-10(8,9)11/h8-9,11H,2-7H2,1H3. The van der Waals surface area contributed by atoms with Gasteiger partial charge < -0.3 is 5.11 Å². The zero-order valence-corrected chi connectivity index (χ0v) is 7.34. The molecule has 0 aromatic rings. The first-order valence-corrected chi connectivity index (χ1v) is 5.01. The predicted octanol–water partition coefficient (Wildman–Crippen LogP) is 2.34. The van der Waals surface area contributed by atoms with Gasteiger partial charge in [0.15, 0.2) is 0 Å². The number of fused-ring (bicyclic) bond motifs is 1. The van der Waals surface area contributed by atoms with Crippen LogP contribution in [0.1, 0.15) is 45.4 Å². The summed E-state index contributed by atoms with van der Waals surface area (Å²) >= 11 is 0. The lowest BCUT2D eigenvalue weighted by molar-refractivity contribution is 0.123. The van der Waals surface area contributed by atoms with Gasteiger partial charge in [0, 0.05) is 0 Å². The molecule has 2 aliphatic rings. The third-order valence-electron chi connectivity index (χ3n) is 3.62. The molecule has 0 heterocycles. The molecule has 3 atom stereocenters. The molecule has 2 fully saturated rings. The minimum Gasteiger partial charge on any atom is -0.389 e. The van der Waals surface area contributed by atoms with Crippen molar-refractivity contribution in [3.05, 3.63) is 0 Å². The first-order chi connectivity index (χ1) is 5.29. The molecule has 0 saturated heterocycles. The summed E-state index contributed by atoms with van der Waals surface area (Å²) in [7, 11) is 0. The quantitative estimate of drug-likeness (QED) is 0.661. The number of unbranched alkanes of at least 4 members (excludes halogenated alkanes) is 1.